The van der Waals surface area contributed by atoms with Crippen LogP contribution in [0.1, 0.15) is 12.0 Å². The molecule has 1 aliphatic rings. The maximum absolute atomic E-state index is 13.1. The summed E-state index contributed by atoms with van der Waals surface area (Å²) in [5, 5.41) is 0. The minimum Gasteiger partial charge on any atom is -0.283 e. The van der Waals surface area contributed by atoms with Crippen molar-refractivity contribution in [3.05, 3.63) is 53.8 Å². The maximum atomic E-state index is 13.1. The van der Waals surface area contributed by atoms with Gasteiger partial charge >= 0.3 is 0 Å². The smallest absolute Gasteiger partial charge is 0.264 e. The van der Waals surface area contributed by atoms with Gasteiger partial charge in [-0.25, -0.2) is 21.2 Å². The van der Waals surface area contributed by atoms with E-state index in [-0.39, 0.29) is 11.4 Å². The van der Waals surface area contributed by atoms with E-state index in [4.69, 9.17) is 6.42 Å². The van der Waals surface area contributed by atoms with Crippen molar-refractivity contribution in [2.24, 2.45) is 0 Å². The Bertz CT molecular complexity index is 1110. The van der Waals surface area contributed by atoms with E-state index in [2.05, 4.69) is 10.6 Å². The molecule has 0 amide bonds. The second-order valence-electron chi connectivity index (χ2n) is 6.04. The van der Waals surface area contributed by atoms with Crippen LogP contribution in [-0.2, 0) is 26.5 Å². The molecular weight excluding hydrogens is 391 g/mol. The van der Waals surface area contributed by atoms with Crippen LogP contribution in [-0.4, -0.2) is 29.1 Å². The van der Waals surface area contributed by atoms with Gasteiger partial charge in [0.2, 0.25) is 10.0 Å². The van der Waals surface area contributed by atoms with Gasteiger partial charge in [-0.3, -0.25) is 9.03 Å². The van der Waals surface area contributed by atoms with E-state index in [1.165, 1.54) is 22.5 Å². The van der Waals surface area contributed by atoms with Gasteiger partial charge in [0.1, 0.15) is 11.6 Å². The lowest BCUT2D eigenvalue weighted by Crippen LogP contribution is -2.35. The number of nitrogens with zero attached hydrogens (tertiary/aromatic N) is 1. The summed E-state index contributed by atoms with van der Waals surface area (Å²) in [5.41, 5.74) is 1.50. The molecule has 0 saturated heterocycles. The van der Waals surface area contributed by atoms with E-state index >= 15 is 0 Å². The summed E-state index contributed by atoms with van der Waals surface area (Å²) in [7, 11) is -7.50. The van der Waals surface area contributed by atoms with Gasteiger partial charge in [-0.15, -0.1) is 6.42 Å². The Morgan fingerprint density at radius 2 is 1.81 bits per heavy atom. The third kappa shape index (κ3) is 4.07. The molecule has 0 atom stereocenters. The minimum absolute atomic E-state index is 0.00412. The first-order chi connectivity index (χ1) is 12.7. The second-order valence-corrected chi connectivity index (χ2v) is 9.63. The van der Waals surface area contributed by atoms with Gasteiger partial charge in [-0.1, -0.05) is 5.92 Å². The van der Waals surface area contributed by atoms with E-state index in [0.29, 0.717) is 29.8 Å². The van der Waals surface area contributed by atoms with Crippen molar-refractivity contribution in [3.63, 3.8) is 0 Å². The number of fused-ring (bicyclic) bond motifs is 1. The molecule has 0 saturated carbocycles. The maximum Gasteiger partial charge on any atom is 0.264 e. The van der Waals surface area contributed by atoms with Crippen LogP contribution in [0.5, 0.6) is 0 Å². The van der Waals surface area contributed by atoms with Crippen LogP contribution in [0.15, 0.2) is 47.4 Å². The van der Waals surface area contributed by atoms with Gasteiger partial charge in [0.15, 0.2) is 0 Å². The summed E-state index contributed by atoms with van der Waals surface area (Å²) >= 11 is 0. The highest BCUT2D eigenvalue weighted by molar-refractivity contribution is 7.93. The highest BCUT2D eigenvalue weighted by Gasteiger charge is 2.29. The van der Waals surface area contributed by atoms with E-state index in [1.807, 2.05) is 0 Å². The first kappa shape index (κ1) is 19.2. The number of sulfonamides is 2. The van der Waals surface area contributed by atoms with Gasteiger partial charge in [-0.2, -0.15) is 0 Å². The first-order valence-corrected chi connectivity index (χ1v) is 11.2. The number of aryl methyl sites for hydroxylation is 1. The molecule has 2 aromatic rings. The molecule has 1 heterocycles. The van der Waals surface area contributed by atoms with Crippen molar-refractivity contribution in [1.29, 1.82) is 0 Å². The molecule has 3 rings (SSSR count). The molecule has 0 unspecified atom stereocenters. The Labute approximate surface area is 158 Å². The minimum atomic E-state index is -3.85. The Kier molecular flexibility index (Phi) is 5.13. The molecule has 0 aliphatic carbocycles. The van der Waals surface area contributed by atoms with Crippen molar-refractivity contribution in [2.45, 2.75) is 17.7 Å². The molecule has 6 nitrogen and oxygen atoms in total. The molecule has 0 fully saturated rings. The van der Waals surface area contributed by atoms with Crippen molar-refractivity contribution in [1.82, 2.24) is 0 Å². The number of terminal acetylenes is 1. The number of benzene rings is 2. The predicted molar refractivity (Wildman–Crippen MR) is 102 cm³/mol. The molecule has 0 spiro atoms. The lowest BCUT2D eigenvalue weighted by molar-refractivity contribution is 0.585. The molecule has 0 radical (unpaired) electrons. The molecule has 1 aliphatic heterocycles. The predicted octanol–water partition coefficient (Wildman–Crippen LogP) is 2.34. The Morgan fingerprint density at radius 3 is 2.48 bits per heavy atom. The van der Waals surface area contributed by atoms with Crippen LogP contribution < -0.4 is 9.03 Å². The topological polar surface area (TPSA) is 83.6 Å². The Morgan fingerprint density at radius 1 is 1.11 bits per heavy atom. The van der Waals surface area contributed by atoms with Crippen LogP contribution in [0.2, 0.25) is 0 Å². The lowest BCUT2D eigenvalue weighted by atomic mass is 10.0. The summed E-state index contributed by atoms with van der Waals surface area (Å²) in [5.74, 6) is 1.11. The van der Waals surface area contributed by atoms with E-state index in [1.54, 1.807) is 12.1 Å². The third-order valence-corrected chi connectivity index (χ3v) is 7.02. The summed E-state index contributed by atoms with van der Waals surface area (Å²) in [6, 6.07) is 9.30. The standard InChI is InChI=1S/C18H17FN2O4S2/c1-2-12-26(22,23)20-16-7-10-18-14(13-16)4-3-11-21(18)27(24,25)17-8-5-15(19)6-9-17/h1,5-10,13,20H,3-4,11-12H2. The van der Waals surface area contributed by atoms with Gasteiger partial charge in [0.25, 0.3) is 10.0 Å². The second kappa shape index (κ2) is 7.21. The van der Waals surface area contributed by atoms with Gasteiger partial charge < -0.3 is 0 Å². The molecule has 142 valence electrons. The van der Waals surface area contributed by atoms with Crippen molar-refractivity contribution in [2.75, 3.05) is 21.3 Å². The zero-order valence-electron chi connectivity index (χ0n) is 14.2. The van der Waals surface area contributed by atoms with Crippen LogP contribution in [0.3, 0.4) is 0 Å². The van der Waals surface area contributed by atoms with Crippen LogP contribution in [0.25, 0.3) is 0 Å². The SMILES string of the molecule is C#CCS(=O)(=O)Nc1ccc2c(c1)CCCN2S(=O)(=O)c1ccc(F)cc1. The van der Waals surface area contributed by atoms with E-state index in [0.717, 1.165) is 12.1 Å². The molecule has 27 heavy (non-hydrogen) atoms. The first-order valence-electron chi connectivity index (χ1n) is 8.08. The van der Waals surface area contributed by atoms with Crippen LogP contribution in [0.4, 0.5) is 15.8 Å². The number of anilines is 2. The number of rotatable bonds is 5. The van der Waals surface area contributed by atoms with Crippen molar-refractivity contribution < 1.29 is 21.2 Å². The molecule has 0 aromatic heterocycles. The highest BCUT2D eigenvalue weighted by Crippen LogP contribution is 2.34. The summed E-state index contributed by atoms with van der Waals surface area (Å²) < 4.78 is 66.2. The lowest BCUT2D eigenvalue weighted by Gasteiger charge is -2.31. The number of nitrogens with one attached hydrogen (secondary N) is 1. The normalized spacial score (nSPS) is 14.3. The fourth-order valence-corrected chi connectivity index (χ4v) is 5.25. The fraction of sp³-hybridized carbons (Fsp3) is 0.222. The van der Waals surface area contributed by atoms with Crippen LogP contribution >= 0.6 is 0 Å². The van der Waals surface area contributed by atoms with Gasteiger partial charge in [-0.05, 0) is 60.9 Å². The zero-order valence-corrected chi connectivity index (χ0v) is 15.9. The fourth-order valence-electron chi connectivity index (χ4n) is 2.93. The van der Waals surface area contributed by atoms with E-state index < -0.39 is 31.6 Å². The molecule has 9 heteroatoms. The number of hydrogen-bond acceptors (Lipinski definition) is 4. The average molecular weight is 408 g/mol. The van der Waals surface area contributed by atoms with E-state index in [9.17, 15) is 21.2 Å². The number of hydrogen-bond donors (Lipinski definition) is 1. The molecular formula is C18H17FN2O4S2. The average Bonchev–Trinajstić information content (AvgIpc) is 2.61. The monoisotopic (exact) mass is 408 g/mol. The van der Waals surface area contributed by atoms with Gasteiger partial charge in [0.05, 0.1) is 10.6 Å². The van der Waals surface area contributed by atoms with Crippen LogP contribution in [0, 0.1) is 18.2 Å². The summed E-state index contributed by atoms with van der Waals surface area (Å²) in [4.78, 5) is -0.00412. The largest absolute Gasteiger partial charge is 0.283 e. The van der Waals surface area contributed by atoms with Crippen molar-refractivity contribution in [3.8, 4) is 12.3 Å². The summed E-state index contributed by atoms with van der Waals surface area (Å²) in [6.07, 6.45) is 6.23. The van der Waals surface area contributed by atoms with Gasteiger partial charge in [0, 0.05) is 12.2 Å². The molecule has 1 N–H and O–H groups in total. The third-order valence-electron chi connectivity index (χ3n) is 4.10. The molecule has 0 bridgehead atoms. The Balaban J connectivity index is 1.95. The number of halogens is 1. The zero-order chi connectivity index (χ0) is 19.7. The highest BCUT2D eigenvalue weighted by atomic mass is 32.2. The van der Waals surface area contributed by atoms with Crippen molar-refractivity contribution >= 4 is 31.4 Å². The summed E-state index contributed by atoms with van der Waals surface area (Å²) in [6.45, 7) is 0.287. The quantitative estimate of drug-likeness (QED) is 0.770. The Hall–Kier alpha value is -2.57. The molecule has 2 aromatic carbocycles.